The van der Waals surface area contributed by atoms with Gasteiger partial charge in [-0.3, -0.25) is 4.98 Å². The minimum absolute atomic E-state index is 0.615. The number of hydrogen-bond acceptors (Lipinski definition) is 3. The lowest BCUT2D eigenvalue weighted by Gasteiger charge is -2.09. The van der Waals surface area contributed by atoms with E-state index < -0.39 is 0 Å². The van der Waals surface area contributed by atoms with Gasteiger partial charge in [-0.25, -0.2) is 0 Å². The molecule has 18 heavy (non-hydrogen) atoms. The summed E-state index contributed by atoms with van der Waals surface area (Å²) in [6.07, 6.45) is 1.67. The Kier molecular flexibility index (Phi) is 2.35. The van der Waals surface area contributed by atoms with Crippen molar-refractivity contribution >= 4 is 21.7 Å². The number of fused-ring (bicyclic) bond motifs is 3. The Morgan fingerprint density at radius 1 is 1.11 bits per heavy atom. The fraction of sp³-hybridized carbons (Fsp3) is 0.0667. The van der Waals surface area contributed by atoms with E-state index in [1.54, 1.807) is 19.4 Å². The van der Waals surface area contributed by atoms with Crippen molar-refractivity contribution < 1.29 is 4.74 Å². The maximum Gasteiger partial charge on any atom is 0.127 e. The smallest absolute Gasteiger partial charge is 0.127 e. The van der Waals surface area contributed by atoms with Gasteiger partial charge in [-0.1, -0.05) is 24.3 Å². The zero-order valence-electron chi connectivity index (χ0n) is 9.84. The molecule has 0 amide bonds. The number of hydrogen-bond donors (Lipinski definition) is 0. The minimum atomic E-state index is 0.615. The highest BCUT2D eigenvalue weighted by Crippen LogP contribution is 2.33. The van der Waals surface area contributed by atoms with E-state index in [0.717, 1.165) is 27.4 Å². The third-order valence-electron chi connectivity index (χ3n) is 3.05. The molecule has 0 aliphatic carbocycles. The monoisotopic (exact) mass is 234 g/mol. The third-order valence-corrected chi connectivity index (χ3v) is 3.05. The van der Waals surface area contributed by atoms with Gasteiger partial charge >= 0.3 is 0 Å². The van der Waals surface area contributed by atoms with E-state index in [-0.39, 0.29) is 0 Å². The van der Waals surface area contributed by atoms with E-state index in [1.165, 1.54) is 0 Å². The molecule has 1 heterocycles. The van der Waals surface area contributed by atoms with Crippen LogP contribution in [0.4, 0.5) is 0 Å². The first kappa shape index (κ1) is 10.5. The van der Waals surface area contributed by atoms with Gasteiger partial charge in [0, 0.05) is 22.4 Å². The van der Waals surface area contributed by atoms with Gasteiger partial charge in [0.05, 0.1) is 24.3 Å². The Bertz CT molecular complexity index is 787. The molecular formula is C15H10N2O. The predicted octanol–water partition coefficient (Wildman–Crippen LogP) is 3.27. The summed E-state index contributed by atoms with van der Waals surface area (Å²) in [7, 11) is 1.63. The van der Waals surface area contributed by atoms with E-state index in [2.05, 4.69) is 11.1 Å². The molecule has 0 atom stereocenters. The number of benzene rings is 2. The second-order valence-corrected chi connectivity index (χ2v) is 3.99. The largest absolute Gasteiger partial charge is 0.496 e. The summed E-state index contributed by atoms with van der Waals surface area (Å²) in [6, 6.07) is 13.7. The lowest BCUT2D eigenvalue weighted by Crippen LogP contribution is -1.90. The minimum Gasteiger partial charge on any atom is -0.496 e. The van der Waals surface area contributed by atoms with E-state index in [0.29, 0.717) is 5.56 Å². The molecule has 3 rings (SSSR count). The molecule has 0 unspecified atom stereocenters. The molecule has 2 aromatic carbocycles. The summed E-state index contributed by atoms with van der Waals surface area (Å²) < 4.78 is 5.40. The molecule has 3 heteroatoms. The molecule has 1 aromatic heterocycles. The zero-order chi connectivity index (χ0) is 12.5. The van der Waals surface area contributed by atoms with E-state index in [4.69, 9.17) is 10.00 Å². The third kappa shape index (κ3) is 1.40. The van der Waals surface area contributed by atoms with Crippen molar-refractivity contribution in [3.8, 4) is 11.8 Å². The van der Waals surface area contributed by atoms with Crippen LogP contribution in [0.15, 0.2) is 42.6 Å². The van der Waals surface area contributed by atoms with Gasteiger partial charge in [-0.2, -0.15) is 5.26 Å². The number of rotatable bonds is 1. The molecule has 0 N–H and O–H groups in total. The van der Waals surface area contributed by atoms with Crippen LogP contribution in [-0.2, 0) is 0 Å². The molecule has 0 fully saturated rings. The summed E-state index contributed by atoms with van der Waals surface area (Å²) in [4.78, 5) is 4.39. The Hall–Kier alpha value is -2.60. The Labute approximate surface area is 104 Å². The molecule has 0 aliphatic rings. The molecule has 3 nitrogen and oxygen atoms in total. The molecule has 0 radical (unpaired) electrons. The topological polar surface area (TPSA) is 45.9 Å². The number of pyridine rings is 1. The number of ether oxygens (including phenoxy) is 1. The van der Waals surface area contributed by atoms with Gasteiger partial charge in [0.1, 0.15) is 5.75 Å². The van der Waals surface area contributed by atoms with Crippen molar-refractivity contribution in [2.75, 3.05) is 7.11 Å². The standard InChI is InChI=1S/C15H10N2O/c1-18-14-8-13-10(9-16)6-7-17-15(13)12-5-3-2-4-11(12)14/h2-8H,1H3. The molecule has 0 aliphatic heterocycles. The molecule has 0 saturated heterocycles. The van der Waals surface area contributed by atoms with Crippen molar-refractivity contribution in [2.24, 2.45) is 0 Å². The number of methoxy groups -OCH3 is 1. The fourth-order valence-corrected chi connectivity index (χ4v) is 2.21. The average Bonchev–Trinajstić information content (AvgIpc) is 2.45. The maximum absolute atomic E-state index is 9.15. The normalized spacial score (nSPS) is 10.4. The first-order valence-electron chi connectivity index (χ1n) is 5.59. The van der Waals surface area contributed by atoms with Crippen LogP contribution < -0.4 is 4.74 Å². The summed E-state index contributed by atoms with van der Waals surface area (Å²) in [6.45, 7) is 0. The highest BCUT2D eigenvalue weighted by Gasteiger charge is 2.10. The van der Waals surface area contributed by atoms with E-state index >= 15 is 0 Å². The van der Waals surface area contributed by atoms with Crippen molar-refractivity contribution in [3.63, 3.8) is 0 Å². The lowest BCUT2D eigenvalue weighted by molar-refractivity contribution is 0.420. The Balaban J connectivity index is 2.59. The van der Waals surface area contributed by atoms with Gasteiger partial charge in [0.15, 0.2) is 0 Å². The van der Waals surface area contributed by atoms with Gasteiger partial charge in [-0.15, -0.1) is 0 Å². The Morgan fingerprint density at radius 3 is 2.61 bits per heavy atom. The maximum atomic E-state index is 9.15. The van der Waals surface area contributed by atoms with E-state index in [9.17, 15) is 0 Å². The van der Waals surface area contributed by atoms with Gasteiger partial charge in [-0.05, 0) is 12.1 Å². The summed E-state index contributed by atoms with van der Waals surface area (Å²) in [5.74, 6) is 0.766. The average molecular weight is 234 g/mol. The lowest BCUT2D eigenvalue weighted by atomic mass is 10.0. The van der Waals surface area contributed by atoms with Gasteiger partial charge < -0.3 is 4.74 Å². The SMILES string of the molecule is COc1cc2c(C#N)ccnc2c2ccccc12. The molecular weight excluding hydrogens is 224 g/mol. The number of aromatic nitrogens is 1. The van der Waals surface area contributed by atoms with Crippen LogP contribution in [0, 0.1) is 11.3 Å². The van der Waals surface area contributed by atoms with Crippen LogP contribution >= 0.6 is 0 Å². The molecule has 3 aromatic rings. The highest BCUT2D eigenvalue weighted by atomic mass is 16.5. The summed E-state index contributed by atoms with van der Waals surface area (Å²) >= 11 is 0. The fourth-order valence-electron chi connectivity index (χ4n) is 2.21. The van der Waals surface area contributed by atoms with Crippen LogP contribution in [0.2, 0.25) is 0 Å². The number of nitriles is 1. The van der Waals surface area contributed by atoms with Crippen LogP contribution in [0.5, 0.6) is 5.75 Å². The van der Waals surface area contributed by atoms with Crippen LogP contribution in [0.1, 0.15) is 5.56 Å². The number of nitrogens with zero attached hydrogens (tertiary/aromatic N) is 2. The van der Waals surface area contributed by atoms with Crippen molar-refractivity contribution in [3.05, 3.63) is 48.2 Å². The van der Waals surface area contributed by atoms with Crippen LogP contribution in [-0.4, -0.2) is 12.1 Å². The van der Waals surface area contributed by atoms with Gasteiger partial charge in [0.2, 0.25) is 0 Å². The summed E-state index contributed by atoms with van der Waals surface area (Å²) in [5, 5.41) is 12.0. The van der Waals surface area contributed by atoms with E-state index in [1.807, 2.05) is 30.3 Å². The second kappa shape index (κ2) is 4.01. The first-order valence-corrected chi connectivity index (χ1v) is 5.59. The van der Waals surface area contributed by atoms with Crippen LogP contribution in [0.25, 0.3) is 21.7 Å². The first-order chi connectivity index (χ1) is 8.85. The Morgan fingerprint density at radius 2 is 1.89 bits per heavy atom. The predicted molar refractivity (Wildman–Crippen MR) is 70.5 cm³/mol. The second-order valence-electron chi connectivity index (χ2n) is 3.99. The molecule has 0 spiro atoms. The van der Waals surface area contributed by atoms with Crippen molar-refractivity contribution in [1.29, 1.82) is 5.26 Å². The summed E-state index contributed by atoms with van der Waals surface area (Å²) in [5.41, 5.74) is 1.45. The quantitative estimate of drug-likeness (QED) is 0.607. The van der Waals surface area contributed by atoms with Crippen LogP contribution in [0.3, 0.4) is 0 Å². The van der Waals surface area contributed by atoms with Crippen molar-refractivity contribution in [1.82, 2.24) is 4.98 Å². The van der Waals surface area contributed by atoms with Crippen molar-refractivity contribution in [2.45, 2.75) is 0 Å². The molecule has 0 saturated carbocycles. The highest BCUT2D eigenvalue weighted by molar-refractivity contribution is 6.09. The molecule has 0 bridgehead atoms. The van der Waals surface area contributed by atoms with Gasteiger partial charge in [0.25, 0.3) is 0 Å². The molecule has 86 valence electrons. The zero-order valence-corrected chi connectivity index (χ0v) is 9.84.